The lowest BCUT2D eigenvalue weighted by Crippen LogP contribution is -2.22. The number of nitrogens with two attached hydrogens (primary N) is 2. The van der Waals surface area contributed by atoms with Gasteiger partial charge < -0.3 is 16.8 Å². The van der Waals surface area contributed by atoms with E-state index in [1.165, 1.54) is 0 Å². The maximum Gasteiger partial charge on any atom is 0.263 e. The van der Waals surface area contributed by atoms with Crippen LogP contribution in [0.3, 0.4) is 0 Å². The zero-order valence-electron chi connectivity index (χ0n) is 12.3. The molecule has 0 unspecified atom stereocenters. The maximum absolute atomic E-state index is 12.4. The molecular formula is C16H12ClN5OS. The summed E-state index contributed by atoms with van der Waals surface area (Å²) >= 11 is 7.21. The predicted molar refractivity (Wildman–Crippen MR) is 95.8 cm³/mol. The van der Waals surface area contributed by atoms with Crippen LogP contribution in [0.5, 0.6) is 0 Å². The van der Waals surface area contributed by atoms with E-state index in [0.717, 1.165) is 16.9 Å². The molecule has 0 saturated heterocycles. The summed E-state index contributed by atoms with van der Waals surface area (Å²) in [7, 11) is 0. The summed E-state index contributed by atoms with van der Waals surface area (Å²) < 4.78 is 0. The number of nitrogens with one attached hydrogen (secondary N) is 1. The van der Waals surface area contributed by atoms with Crippen molar-refractivity contribution in [2.24, 2.45) is 0 Å². The number of hydrogen-bond acceptors (Lipinski definition) is 6. The molecule has 0 aliphatic rings. The van der Waals surface area contributed by atoms with Crippen LogP contribution < -0.4 is 16.8 Å². The van der Waals surface area contributed by atoms with Crippen molar-refractivity contribution in [2.45, 2.75) is 6.54 Å². The number of thiophene rings is 1. The van der Waals surface area contributed by atoms with Crippen molar-refractivity contribution in [3.05, 3.63) is 51.4 Å². The zero-order valence-corrected chi connectivity index (χ0v) is 13.9. The SMILES string of the molecule is N#Cc1cc2c(N)c(C(=O)NCc3ccccc3Cl)sc2nc1N. The smallest absolute Gasteiger partial charge is 0.263 e. The first-order chi connectivity index (χ1) is 11.5. The van der Waals surface area contributed by atoms with Gasteiger partial charge in [-0.15, -0.1) is 11.3 Å². The molecule has 0 atom stereocenters. The van der Waals surface area contributed by atoms with Crippen molar-refractivity contribution in [2.75, 3.05) is 11.5 Å². The quantitative estimate of drug-likeness (QED) is 0.666. The van der Waals surface area contributed by atoms with E-state index in [-0.39, 0.29) is 29.5 Å². The number of carbonyl (C=O) groups excluding carboxylic acids is 1. The molecule has 24 heavy (non-hydrogen) atoms. The fourth-order valence-electron chi connectivity index (χ4n) is 2.21. The highest BCUT2D eigenvalue weighted by Crippen LogP contribution is 2.34. The van der Waals surface area contributed by atoms with Gasteiger partial charge in [0.15, 0.2) is 0 Å². The molecule has 3 rings (SSSR count). The monoisotopic (exact) mass is 357 g/mol. The number of nitrogen functional groups attached to an aromatic ring is 2. The molecule has 1 aromatic carbocycles. The zero-order chi connectivity index (χ0) is 17.3. The summed E-state index contributed by atoms with van der Waals surface area (Å²) in [6.45, 7) is 0.283. The van der Waals surface area contributed by atoms with Gasteiger partial charge in [-0.3, -0.25) is 4.79 Å². The number of benzene rings is 1. The molecule has 0 bridgehead atoms. The van der Waals surface area contributed by atoms with Crippen molar-refractivity contribution in [3.8, 4) is 6.07 Å². The van der Waals surface area contributed by atoms with Gasteiger partial charge in [0.25, 0.3) is 5.91 Å². The van der Waals surface area contributed by atoms with Crippen LogP contribution >= 0.6 is 22.9 Å². The molecule has 5 N–H and O–H groups in total. The third kappa shape index (κ3) is 2.85. The topological polar surface area (TPSA) is 118 Å². The first kappa shape index (κ1) is 16.1. The van der Waals surface area contributed by atoms with Gasteiger partial charge in [0.05, 0.1) is 11.3 Å². The van der Waals surface area contributed by atoms with Crippen molar-refractivity contribution in [1.29, 1.82) is 5.26 Å². The number of nitriles is 1. The lowest BCUT2D eigenvalue weighted by atomic mass is 10.2. The van der Waals surface area contributed by atoms with E-state index >= 15 is 0 Å². The van der Waals surface area contributed by atoms with Crippen molar-refractivity contribution in [1.82, 2.24) is 10.3 Å². The Balaban J connectivity index is 1.89. The Bertz CT molecular complexity index is 992. The minimum Gasteiger partial charge on any atom is -0.397 e. The number of carbonyl (C=O) groups is 1. The Morgan fingerprint density at radius 1 is 1.38 bits per heavy atom. The van der Waals surface area contributed by atoms with E-state index in [4.69, 9.17) is 28.3 Å². The summed E-state index contributed by atoms with van der Waals surface area (Å²) in [5.74, 6) is -0.207. The van der Waals surface area contributed by atoms with Crippen LogP contribution in [0.15, 0.2) is 30.3 Å². The summed E-state index contributed by atoms with van der Waals surface area (Å²) in [6.07, 6.45) is 0. The molecule has 0 aliphatic heterocycles. The molecule has 0 fully saturated rings. The minimum absolute atomic E-state index is 0.120. The van der Waals surface area contributed by atoms with Crippen LogP contribution in [-0.2, 0) is 6.54 Å². The summed E-state index contributed by atoms with van der Waals surface area (Å²) in [5.41, 5.74) is 13.1. The van der Waals surface area contributed by atoms with E-state index in [1.807, 2.05) is 24.3 Å². The van der Waals surface area contributed by atoms with Gasteiger partial charge in [0, 0.05) is 17.0 Å². The molecule has 120 valence electrons. The van der Waals surface area contributed by atoms with Gasteiger partial charge in [-0.2, -0.15) is 5.26 Å². The number of rotatable bonds is 3. The number of anilines is 2. The predicted octanol–water partition coefficient (Wildman–Crippen LogP) is 2.92. The van der Waals surface area contributed by atoms with Crippen molar-refractivity contribution in [3.63, 3.8) is 0 Å². The molecule has 0 aliphatic carbocycles. The van der Waals surface area contributed by atoms with E-state index in [9.17, 15) is 4.79 Å². The summed E-state index contributed by atoms with van der Waals surface area (Å²) in [4.78, 5) is 17.4. The molecule has 8 heteroatoms. The van der Waals surface area contributed by atoms with Crippen LogP contribution in [0.4, 0.5) is 11.5 Å². The molecule has 2 heterocycles. The largest absolute Gasteiger partial charge is 0.397 e. The molecular weight excluding hydrogens is 346 g/mol. The average Bonchev–Trinajstić information content (AvgIpc) is 2.89. The van der Waals surface area contributed by atoms with Crippen LogP contribution in [-0.4, -0.2) is 10.9 Å². The Hall–Kier alpha value is -2.82. The van der Waals surface area contributed by atoms with E-state index < -0.39 is 0 Å². The highest BCUT2D eigenvalue weighted by atomic mass is 35.5. The van der Waals surface area contributed by atoms with Crippen LogP contribution in [0.1, 0.15) is 20.8 Å². The van der Waals surface area contributed by atoms with Crippen LogP contribution in [0, 0.1) is 11.3 Å². The standard InChI is InChI=1S/C16H12ClN5OS/c17-11-4-2-1-3-8(11)7-21-15(23)13-12(19)10-5-9(6-18)14(20)22-16(10)24-13/h1-5H,7,19H2,(H2,20,22)(H,21,23). The van der Waals surface area contributed by atoms with Crippen molar-refractivity contribution >= 4 is 50.6 Å². The minimum atomic E-state index is -0.326. The lowest BCUT2D eigenvalue weighted by molar-refractivity contribution is 0.0956. The summed E-state index contributed by atoms with van der Waals surface area (Å²) in [5, 5.41) is 12.9. The second kappa shape index (κ2) is 6.35. The Morgan fingerprint density at radius 3 is 2.83 bits per heavy atom. The number of fused-ring (bicyclic) bond motifs is 1. The molecule has 0 spiro atoms. The third-order valence-corrected chi connectivity index (χ3v) is 4.96. The van der Waals surface area contributed by atoms with Gasteiger partial charge in [0.2, 0.25) is 0 Å². The fourth-order valence-corrected chi connectivity index (χ4v) is 3.41. The number of aromatic nitrogens is 1. The van der Waals surface area contributed by atoms with Crippen molar-refractivity contribution < 1.29 is 4.79 Å². The number of halogens is 1. The third-order valence-electron chi connectivity index (χ3n) is 3.47. The maximum atomic E-state index is 12.4. The number of hydrogen-bond donors (Lipinski definition) is 3. The van der Waals surface area contributed by atoms with Gasteiger partial charge in [-0.05, 0) is 17.7 Å². The number of nitrogens with zero attached hydrogens (tertiary/aromatic N) is 2. The van der Waals surface area contributed by atoms with Gasteiger partial charge >= 0.3 is 0 Å². The summed E-state index contributed by atoms with van der Waals surface area (Å²) in [6, 6.07) is 10.8. The highest BCUT2D eigenvalue weighted by molar-refractivity contribution is 7.21. The lowest BCUT2D eigenvalue weighted by Gasteiger charge is -2.06. The van der Waals surface area contributed by atoms with Crippen LogP contribution in [0.25, 0.3) is 10.2 Å². The van der Waals surface area contributed by atoms with Gasteiger partial charge in [0.1, 0.15) is 21.6 Å². The van der Waals surface area contributed by atoms with E-state index in [0.29, 0.717) is 20.1 Å². The second-order valence-electron chi connectivity index (χ2n) is 5.00. The molecule has 6 nitrogen and oxygen atoms in total. The highest BCUT2D eigenvalue weighted by Gasteiger charge is 2.18. The molecule has 0 radical (unpaired) electrons. The first-order valence-electron chi connectivity index (χ1n) is 6.91. The average molecular weight is 358 g/mol. The number of amides is 1. The van der Waals surface area contributed by atoms with Crippen LogP contribution in [0.2, 0.25) is 5.02 Å². The Morgan fingerprint density at radius 2 is 2.12 bits per heavy atom. The van der Waals surface area contributed by atoms with E-state index in [1.54, 1.807) is 12.1 Å². The fraction of sp³-hybridized carbons (Fsp3) is 0.0625. The van der Waals surface area contributed by atoms with Gasteiger partial charge in [-0.25, -0.2) is 4.98 Å². The van der Waals surface area contributed by atoms with Gasteiger partial charge in [-0.1, -0.05) is 29.8 Å². The molecule has 3 aromatic rings. The molecule has 0 saturated carbocycles. The van der Waals surface area contributed by atoms with E-state index in [2.05, 4.69) is 10.3 Å². The normalized spacial score (nSPS) is 10.5. The number of pyridine rings is 1. The Kier molecular flexibility index (Phi) is 4.25. The Labute approximate surface area is 146 Å². The molecule has 1 amide bonds. The first-order valence-corrected chi connectivity index (χ1v) is 8.11. The second-order valence-corrected chi connectivity index (χ2v) is 6.41. The molecule has 2 aromatic heterocycles.